The quantitative estimate of drug-likeness (QED) is 0.388. The first-order valence-corrected chi connectivity index (χ1v) is 5.04. The molecular weight excluding hydrogens is 200 g/mol. The number of aromatic hydroxyl groups is 1. The van der Waals surface area contributed by atoms with Crippen LogP contribution in [0.4, 0.5) is 11.4 Å². The first-order chi connectivity index (χ1) is 7.61. The van der Waals surface area contributed by atoms with E-state index in [0.29, 0.717) is 11.4 Å². The number of phenols is 1. The average molecular weight is 214 g/mol. The summed E-state index contributed by atoms with van der Waals surface area (Å²) in [6.07, 6.45) is 0. The molecule has 0 radical (unpaired) electrons. The third kappa shape index (κ3) is 1.56. The van der Waals surface area contributed by atoms with E-state index in [1.807, 2.05) is 30.3 Å². The first kappa shape index (κ1) is 10.4. The van der Waals surface area contributed by atoms with Crippen LogP contribution in [0.5, 0.6) is 5.75 Å². The molecule has 0 amide bonds. The highest BCUT2D eigenvalue weighted by Crippen LogP contribution is 2.37. The van der Waals surface area contributed by atoms with Crippen LogP contribution in [0, 0.1) is 6.92 Å². The van der Waals surface area contributed by atoms with Crippen LogP contribution >= 0.6 is 0 Å². The average Bonchev–Trinajstić information content (AvgIpc) is 2.32. The van der Waals surface area contributed by atoms with Gasteiger partial charge in [-0.15, -0.1) is 0 Å². The summed E-state index contributed by atoms with van der Waals surface area (Å²) in [5, 5.41) is 9.69. The Morgan fingerprint density at radius 3 is 2.25 bits per heavy atom. The predicted octanol–water partition coefficient (Wildman–Crippen LogP) is 2.53. The van der Waals surface area contributed by atoms with E-state index in [2.05, 4.69) is 0 Å². The standard InChI is InChI=1S/C13H14N2O/c1-8-12(14)10(7-11(16)13(8)15)9-5-3-2-4-6-9/h2-7,16H,14-15H2,1H3. The van der Waals surface area contributed by atoms with E-state index in [1.54, 1.807) is 13.0 Å². The Balaban J connectivity index is 2.68. The van der Waals surface area contributed by atoms with Crippen molar-refractivity contribution in [2.45, 2.75) is 6.92 Å². The zero-order valence-electron chi connectivity index (χ0n) is 9.07. The van der Waals surface area contributed by atoms with Gasteiger partial charge in [0.15, 0.2) is 0 Å². The van der Waals surface area contributed by atoms with Gasteiger partial charge < -0.3 is 16.6 Å². The third-order valence-electron chi connectivity index (χ3n) is 2.74. The minimum absolute atomic E-state index is 0.0746. The minimum Gasteiger partial charge on any atom is -0.506 e. The van der Waals surface area contributed by atoms with Crippen LogP contribution in [-0.2, 0) is 0 Å². The maximum absolute atomic E-state index is 9.69. The molecule has 0 unspecified atom stereocenters. The molecule has 0 saturated carbocycles. The molecule has 0 aliphatic carbocycles. The van der Waals surface area contributed by atoms with Crippen molar-refractivity contribution in [1.82, 2.24) is 0 Å². The molecule has 2 aromatic rings. The van der Waals surface area contributed by atoms with Gasteiger partial charge in [-0.25, -0.2) is 0 Å². The number of nitrogens with two attached hydrogens (primary N) is 2. The van der Waals surface area contributed by atoms with Crippen molar-refractivity contribution in [2.24, 2.45) is 0 Å². The molecule has 16 heavy (non-hydrogen) atoms. The molecule has 0 heterocycles. The number of hydrogen-bond donors (Lipinski definition) is 3. The predicted molar refractivity (Wildman–Crippen MR) is 67.1 cm³/mol. The lowest BCUT2D eigenvalue weighted by Crippen LogP contribution is -1.99. The van der Waals surface area contributed by atoms with Gasteiger partial charge in [0.05, 0.1) is 5.69 Å². The van der Waals surface area contributed by atoms with E-state index in [-0.39, 0.29) is 5.75 Å². The fraction of sp³-hybridized carbons (Fsp3) is 0.0769. The lowest BCUT2D eigenvalue weighted by Gasteiger charge is -2.12. The number of nitrogen functional groups attached to an aromatic ring is 2. The van der Waals surface area contributed by atoms with E-state index in [1.165, 1.54) is 0 Å². The molecule has 0 aliphatic heterocycles. The van der Waals surface area contributed by atoms with E-state index in [9.17, 15) is 5.11 Å². The fourth-order valence-electron chi connectivity index (χ4n) is 1.69. The molecule has 2 rings (SSSR count). The van der Waals surface area contributed by atoms with Gasteiger partial charge in [-0.3, -0.25) is 0 Å². The summed E-state index contributed by atoms with van der Waals surface area (Å²) in [7, 11) is 0. The molecule has 3 heteroatoms. The van der Waals surface area contributed by atoms with Crippen molar-refractivity contribution in [2.75, 3.05) is 11.5 Å². The molecule has 0 aliphatic rings. The van der Waals surface area contributed by atoms with Crippen LogP contribution in [0.25, 0.3) is 11.1 Å². The Kier molecular flexibility index (Phi) is 2.44. The monoisotopic (exact) mass is 214 g/mol. The summed E-state index contributed by atoms with van der Waals surface area (Å²) in [5.41, 5.74) is 15.2. The zero-order valence-corrected chi connectivity index (χ0v) is 9.07. The van der Waals surface area contributed by atoms with Crippen LogP contribution in [0.2, 0.25) is 0 Å². The van der Waals surface area contributed by atoms with Crippen molar-refractivity contribution in [3.8, 4) is 16.9 Å². The van der Waals surface area contributed by atoms with Gasteiger partial charge >= 0.3 is 0 Å². The van der Waals surface area contributed by atoms with Gasteiger partial charge in [0.25, 0.3) is 0 Å². The molecular formula is C13H14N2O. The van der Waals surface area contributed by atoms with Crippen molar-refractivity contribution in [3.05, 3.63) is 42.0 Å². The molecule has 5 N–H and O–H groups in total. The smallest absolute Gasteiger partial charge is 0.139 e. The summed E-state index contributed by atoms with van der Waals surface area (Å²) in [4.78, 5) is 0. The third-order valence-corrected chi connectivity index (χ3v) is 2.74. The summed E-state index contributed by atoms with van der Waals surface area (Å²) < 4.78 is 0. The normalized spacial score (nSPS) is 10.3. The molecule has 0 bridgehead atoms. The Labute approximate surface area is 94.3 Å². The van der Waals surface area contributed by atoms with Crippen molar-refractivity contribution < 1.29 is 5.11 Å². The minimum atomic E-state index is 0.0746. The summed E-state index contributed by atoms with van der Waals surface area (Å²) in [5.74, 6) is 0.0746. The highest BCUT2D eigenvalue weighted by atomic mass is 16.3. The number of anilines is 2. The second-order valence-electron chi connectivity index (χ2n) is 3.76. The van der Waals surface area contributed by atoms with Gasteiger partial charge in [0, 0.05) is 11.3 Å². The highest BCUT2D eigenvalue weighted by Gasteiger charge is 2.11. The lowest BCUT2D eigenvalue weighted by atomic mass is 9.99. The SMILES string of the molecule is Cc1c(N)c(O)cc(-c2ccccc2)c1N. The van der Waals surface area contributed by atoms with Crippen molar-refractivity contribution in [1.29, 1.82) is 0 Å². The highest BCUT2D eigenvalue weighted by molar-refractivity contribution is 5.85. The maximum Gasteiger partial charge on any atom is 0.139 e. The van der Waals surface area contributed by atoms with Crippen LogP contribution in [-0.4, -0.2) is 5.11 Å². The lowest BCUT2D eigenvalue weighted by molar-refractivity contribution is 0.478. The van der Waals surface area contributed by atoms with Crippen LogP contribution in [0.3, 0.4) is 0 Å². The zero-order chi connectivity index (χ0) is 11.7. The van der Waals surface area contributed by atoms with Gasteiger partial charge in [-0.05, 0) is 24.1 Å². The Morgan fingerprint density at radius 1 is 1.00 bits per heavy atom. The topological polar surface area (TPSA) is 72.3 Å². The molecule has 0 fully saturated rings. The number of rotatable bonds is 1. The number of hydrogen-bond acceptors (Lipinski definition) is 3. The summed E-state index contributed by atoms with van der Waals surface area (Å²) in [6, 6.07) is 11.3. The van der Waals surface area contributed by atoms with E-state index < -0.39 is 0 Å². The van der Waals surface area contributed by atoms with Gasteiger partial charge in [-0.1, -0.05) is 30.3 Å². The number of benzene rings is 2. The van der Waals surface area contributed by atoms with Crippen molar-refractivity contribution in [3.63, 3.8) is 0 Å². The van der Waals surface area contributed by atoms with Gasteiger partial charge in [-0.2, -0.15) is 0 Å². The first-order valence-electron chi connectivity index (χ1n) is 5.04. The summed E-state index contributed by atoms with van der Waals surface area (Å²) in [6.45, 7) is 1.80. The second-order valence-corrected chi connectivity index (χ2v) is 3.76. The fourth-order valence-corrected chi connectivity index (χ4v) is 1.69. The van der Waals surface area contributed by atoms with Crippen LogP contribution in [0.15, 0.2) is 36.4 Å². The molecule has 82 valence electrons. The van der Waals surface area contributed by atoms with Crippen LogP contribution in [0.1, 0.15) is 5.56 Å². The number of phenolic OH excluding ortho intramolecular Hbond substituents is 1. The van der Waals surface area contributed by atoms with Gasteiger partial charge in [0.1, 0.15) is 5.75 Å². The Hall–Kier alpha value is -2.16. The van der Waals surface area contributed by atoms with Gasteiger partial charge in [0.2, 0.25) is 0 Å². The molecule has 0 atom stereocenters. The molecule has 3 nitrogen and oxygen atoms in total. The summed E-state index contributed by atoms with van der Waals surface area (Å²) >= 11 is 0. The molecule has 2 aromatic carbocycles. The maximum atomic E-state index is 9.69. The van der Waals surface area contributed by atoms with E-state index >= 15 is 0 Å². The van der Waals surface area contributed by atoms with Crippen molar-refractivity contribution >= 4 is 11.4 Å². The largest absolute Gasteiger partial charge is 0.506 e. The second kappa shape index (κ2) is 3.77. The van der Waals surface area contributed by atoms with Crippen LogP contribution < -0.4 is 11.5 Å². The Bertz CT molecular complexity index is 521. The Morgan fingerprint density at radius 2 is 1.62 bits per heavy atom. The van der Waals surface area contributed by atoms with E-state index in [4.69, 9.17) is 11.5 Å². The molecule has 0 saturated heterocycles. The molecule has 0 spiro atoms. The molecule has 0 aromatic heterocycles. The van der Waals surface area contributed by atoms with E-state index in [0.717, 1.165) is 16.7 Å².